The van der Waals surface area contributed by atoms with Gasteiger partial charge in [-0.3, -0.25) is 4.79 Å². The van der Waals surface area contributed by atoms with E-state index in [0.717, 1.165) is 38.5 Å². The second kappa shape index (κ2) is 9.48. The first-order chi connectivity index (χ1) is 13.1. The van der Waals surface area contributed by atoms with Crippen LogP contribution in [0.1, 0.15) is 12.5 Å². The number of benzene rings is 2. The average molecular weight is 373 g/mol. The van der Waals surface area contributed by atoms with Crippen molar-refractivity contribution >= 4 is 11.6 Å². The van der Waals surface area contributed by atoms with Crippen molar-refractivity contribution in [1.82, 2.24) is 0 Å². The average Bonchev–Trinajstić information content (AvgIpc) is 2.67. The van der Waals surface area contributed by atoms with Crippen LogP contribution in [0, 0.1) is 5.82 Å². The Morgan fingerprint density at radius 2 is 1.70 bits per heavy atom. The number of carbonyl (C=O) groups excluding carboxylic acids is 1. The van der Waals surface area contributed by atoms with Crippen LogP contribution in [0.2, 0.25) is 0 Å². The van der Waals surface area contributed by atoms with E-state index in [2.05, 4.69) is 17.4 Å². The summed E-state index contributed by atoms with van der Waals surface area (Å²) in [5.41, 5.74) is 1.88. The van der Waals surface area contributed by atoms with Gasteiger partial charge in [-0.25, -0.2) is 4.39 Å². The molecule has 0 spiro atoms. The summed E-state index contributed by atoms with van der Waals surface area (Å²) in [5.74, 6) is 0.645. The minimum absolute atomic E-state index is 0.0262. The van der Waals surface area contributed by atoms with E-state index in [9.17, 15) is 9.18 Å². The third-order valence-corrected chi connectivity index (χ3v) is 4.92. The highest BCUT2D eigenvalue weighted by atomic mass is 19.1. The van der Waals surface area contributed by atoms with Gasteiger partial charge in [0.15, 0.2) is 6.54 Å². The fraction of sp³-hybridized carbons (Fsp3) is 0.381. The zero-order valence-corrected chi connectivity index (χ0v) is 15.8. The molecule has 5 nitrogen and oxygen atoms in total. The molecule has 0 unspecified atom stereocenters. The Morgan fingerprint density at radius 1 is 1.04 bits per heavy atom. The van der Waals surface area contributed by atoms with Crippen LogP contribution >= 0.6 is 0 Å². The van der Waals surface area contributed by atoms with E-state index in [4.69, 9.17) is 4.74 Å². The number of nitrogens with one attached hydrogen (secondary N) is 3. The maximum Gasteiger partial charge on any atom is 0.279 e. The molecule has 6 heteroatoms. The monoisotopic (exact) mass is 373 g/mol. The first kappa shape index (κ1) is 19.3. The lowest BCUT2D eigenvalue weighted by Crippen LogP contribution is -3.28. The number of hydrogen-bond donors (Lipinski definition) is 3. The van der Waals surface area contributed by atoms with Crippen LogP contribution in [0.25, 0.3) is 0 Å². The first-order valence-electron chi connectivity index (χ1n) is 9.57. The lowest BCUT2D eigenvalue weighted by molar-refractivity contribution is -1.02. The molecule has 1 saturated heterocycles. The molecule has 0 saturated carbocycles. The van der Waals surface area contributed by atoms with E-state index in [1.54, 1.807) is 12.1 Å². The fourth-order valence-electron chi connectivity index (χ4n) is 3.49. The van der Waals surface area contributed by atoms with Gasteiger partial charge in [0.1, 0.15) is 44.3 Å². The molecule has 0 aromatic heterocycles. The smallest absolute Gasteiger partial charge is 0.279 e. The Hall–Kier alpha value is -2.44. The molecule has 3 rings (SSSR count). The van der Waals surface area contributed by atoms with Gasteiger partial charge in [-0.05, 0) is 43.3 Å². The molecule has 2 aromatic carbocycles. The minimum atomic E-state index is -0.302. The van der Waals surface area contributed by atoms with Gasteiger partial charge in [0.25, 0.3) is 5.91 Å². The van der Waals surface area contributed by atoms with Gasteiger partial charge in [-0.15, -0.1) is 0 Å². The Labute approximate surface area is 159 Å². The molecule has 0 radical (unpaired) electrons. The molecule has 27 heavy (non-hydrogen) atoms. The number of quaternary nitrogens is 2. The van der Waals surface area contributed by atoms with Crippen molar-refractivity contribution < 1.29 is 23.7 Å². The number of carbonyl (C=O) groups is 1. The lowest BCUT2D eigenvalue weighted by Gasteiger charge is -2.29. The molecular weight excluding hydrogens is 345 g/mol. The molecular formula is C21H28FN3O2+2. The summed E-state index contributed by atoms with van der Waals surface area (Å²) in [5, 5.41) is 2.84. The highest BCUT2D eigenvalue weighted by Crippen LogP contribution is 2.16. The van der Waals surface area contributed by atoms with Crippen LogP contribution < -0.4 is 19.9 Å². The van der Waals surface area contributed by atoms with Crippen molar-refractivity contribution in [2.75, 3.05) is 44.6 Å². The number of ether oxygens (including phenoxy) is 1. The van der Waals surface area contributed by atoms with E-state index in [0.29, 0.717) is 18.8 Å². The molecule has 0 bridgehead atoms. The van der Waals surface area contributed by atoms with Crippen molar-refractivity contribution in [1.29, 1.82) is 0 Å². The Balaban J connectivity index is 1.45. The Bertz CT molecular complexity index is 743. The summed E-state index contributed by atoms with van der Waals surface area (Å²) in [7, 11) is 0. The summed E-state index contributed by atoms with van der Waals surface area (Å²) < 4.78 is 18.7. The van der Waals surface area contributed by atoms with Crippen molar-refractivity contribution in [2.24, 2.45) is 0 Å². The number of piperazine rings is 1. The normalized spacial score (nSPS) is 19.5. The van der Waals surface area contributed by atoms with E-state index in [1.165, 1.54) is 27.5 Å². The second-order valence-electron chi connectivity index (χ2n) is 6.95. The van der Waals surface area contributed by atoms with Gasteiger partial charge in [-0.2, -0.15) is 0 Å². The third-order valence-electron chi connectivity index (χ3n) is 4.92. The van der Waals surface area contributed by atoms with Gasteiger partial charge in [0, 0.05) is 11.3 Å². The molecule has 0 aliphatic carbocycles. The first-order valence-corrected chi connectivity index (χ1v) is 9.57. The second-order valence-corrected chi connectivity index (χ2v) is 6.95. The van der Waals surface area contributed by atoms with Crippen molar-refractivity contribution in [3.63, 3.8) is 0 Å². The molecule has 1 heterocycles. The molecule has 1 aliphatic rings. The summed E-state index contributed by atoms with van der Waals surface area (Å²) in [6.45, 7) is 8.05. The van der Waals surface area contributed by atoms with Crippen molar-refractivity contribution in [2.45, 2.75) is 13.5 Å². The van der Waals surface area contributed by atoms with Crippen LogP contribution in [-0.4, -0.2) is 45.2 Å². The van der Waals surface area contributed by atoms with Gasteiger partial charge in [0.2, 0.25) is 0 Å². The van der Waals surface area contributed by atoms with Gasteiger partial charge >= 0.3 is 0 Å². The molecule has 0 atom stereocenters. The van der Waals surface area contributed by atoms with E-state index < -0.39 is 0 Å². The predicted molar refractivity (Wildman–Crippen MR) is 103 cm³/mol. The zero-order chi connectivity index (χ0) is 19.1. The SMILES string of the molecule is CCOc1ccccc1C[NH+]1CC[NH+](CC(=O)Nc2ccc(F)cc2)CC1. The molecule has 1 fully saturated rings. The zero-order valence-electron chi connectivity index (χ0n) is 15.8. The molecule has 2 aromatic rings. The van der Waals surface area contributed by atoms with E-state index >= 15 is 0 Å². The van der Waals surface area contributed by atoms with Crippen LogP contribution in [0.15, 0.2) is 48.5 Å². The maximum atomic E-state index is 12.9. The number of anilines is 1. The van der Waals surface area contributed by atoms with Gasteiger partial charge < -0.3 is 19.9 Å². The van der Waals surface area contributed by atoms with Gasteiger partial charge in [-0.1, -0.05) is 12.1 Å². The van der Waals surface area contributed by atoms with E-state index in [1.807, 2.05) is 19.1 Å². The summed E-state index contributed by atoms with van der Waals surface area (Å²) in [6.07, 6.45) is 0. The van der Waals surface area contributed by atoms with Crippen LogP contribution in [0.5, 0.6) is 5.75 Å². The summed E-state index contributed by atoms with van der Waals surface area (Å²) >= 11 is 0. The quantitative estimate of drug-likeness (QED) is 0.647. The number of hydrogen-bond acceptors (Lipinski definition) is 2. The molecule has 3 N–H and O–H groups in total. The van der Waals surface area contributed by atoms with Crippen molar-refractivity contribution in [3.05, 3.63) is 59.9 Å². The molecule has 1 aliphatic heterocycles. The maximum absolute atomic E-state index is 12.9. The number of para-hydroxylation sites is 1. The highest BCUT2D eigenvalue weighted by Gasteiger charge is 2.25. The summed E-state index contributed by atoms with van der Waals surface area (Å²) in [6, 6.07) is 14.1. The molecule has 144 valence electrons. The topological polar surface area (TPSA) is 47.2 Å². The largest absolute Gasteiger partial charge is 0.493 e. The number of amides is 1. The van der Waals surface area contributed by atoms with Crippen LogP contribution in [0.4, 0.5) is 10.1 Å². The highest BCUT2D eigenvalue weighted by molar-refractivity contribution is 5.91. The molecule has 1 amide bonds. The minimum Gasteiger partial charge on any atom is -0.493 e. The fourth-order valence-corrected chi connectivity index (χ4v) is 3.49. The predicted octanol–water partition coefficient (Wildman–Crippen LogP) is 0.147. The van der Waals surface area contributed by atoms with Crippen LogP contribution in [-0.2, 0) is 11.3 Å². The lowest BCUT2D eigenvalue weighted by atomic mass is 10.1. The summed E-state index contributed by atoms with van der Waals surface area (Å²) in [4.78, 5) is 15.0. The third kappa shape index (κ3) is 5.77. The van der Waals surface area contributed by atoms with Crippen LogP contribution in [0.3, 0.4) is 0 Å². The standard InChI is InChI=1S/C21H26FN3O2/c1-2-27-20-6-4-3-5-17(20)15-24-11-13-25(14-12-24)16-21(26)23-19-9-7-18(22)8-10-19/h3-10H,2,11-16H2,1H3,(H,23,26)/p+2. The number of rotatable bonds is 7. The number of halogens is 1. The van der Waals surface area contributed by atoms with Gasteiger partial charge in [0.05, 0.1) is 6.61 Å². The Kier molecular flexibility index (Phi) is 6.79. The van der Waals surface area contributed by atoms with Crippen molar-refractivity contribution in [3.8, 4) is 5.75 Å². The Morgan fingerprint density at radius 3 is 2.41 bits per heavy atom. The van der Waals surface area contributed by atoms with E-state index in [-0.39, 0.29) is 11.7 Å².